The van der Waals surface area contributed by atoms with Gasteiger partial charge in [0.15, 0.2) is 0 Å². The van der Waals surface area contributed by atoms with Crippen LogP contribution in [0.15, 0.2) is 60.7 Å². The fourth-order valence-electron chi connectivity index (χ4n) is 1.85. The van der Waals surface area contributed by atoms with Crippen LogP contribution in [0.4, 0.5) is 0 Å². The smallest absolute Gasteiger partial charge is 0.324 e. The normalized spacial score (nSPS) is 11.7. The van der Waals surface area contributed by atoms with E-state index in [2.05, 4.69) is 0 Å². The van der Waals surface area contributed by atoms with Gasteiger partial charge in [-0.15, -0.1) is 0 Å². The Balaban J connectivity index is 2.27. The maximum absolute atomic E-state index is 11.1. The van der Waals surface area contributed by atoms with E-state index < -0.39 is 15.5 Å². The Morgan fingerprint density at radius 2 is 1.26 bits per heavy atom. The third-order valence-corrected chi connectivity index (χ3v) is 6.42. The van der Waals surface area contributed by atoms with Crippen molar-refractivity contribution >= 4 is 26.1 Å². The van der Waals surface area contributed by atoms with Crippen LogP contribution in [-0.4, -0.2) is 22.1 Å². The second-order valence-electron chi connectivity index (χ2n) is 4.21. The first-order chi connectivity index (χ1) is 9.06. The van der Waals surface area contributed by atoms with Gasteiger partial charge in [0.05, 0.1) is 6.16 Å². The van der Waals surface area contributed by atoms with Gasteiger partial charge in [0.1, 0.15) is 0 Å². The highest BCUT2D eigenvalue weighted by atomic mass is 31.2. The molecule has 0 aliphatic heterocycles. The van der Waals surface area contributed by atoms with Gasteiger partial charge in [-0.2, -0.15) is 0 Å². The quantitative estimate of drug-likeness (QED) is 0.832. The predicted octanol–water partition coefficient (Wildman–Crippen LogP) is 2.30. The Bertz CT molecular complexity index is 512. The molecule has 5 heteroatoms. The van der Waals surface area contributed by atoms with Gasteiger partial charge in [0.2, 0.25) is 0 Å². The van der Waals surface area contributed by atoms with E-state index in [1.54, 1.807) is 0 Å². The van der Waals surface area contributed by atoms with E-state index in [0.717, 1.165) is 10.6 Å². The Labute approximate surface area is 114 Å². The summed E-state index contributed by atoms with van der Waals surface area (Å²) in [6, 6.07) is 19.9. The van der Waals surface area contributed by atoms with Crippen molar-refractivity contribution in [3.8, 4) is 0 Å². The molecule has 0 radical (unpaired) electrons. The van der Waals surface area contributed by atoms with Gasteiger partial charge in [0.25, 0.3) is 0 Å². The third kappa shape index (κ3) is 4.56. The molecule has 100 valence electrons. The van der Waals surface area contributed by atoms with Gasteiger partial charge in [-0.1, -0.05) is 60.7 Å². The van der Waals surface area contributed by atoms with Crippen LogP contribution in [0.3, 0.4) is 0 Å². The van der Waals surface area contributed by atoms with Crippen LogP contribution < -0.4 is 10.6 Å². The average molecular weight is 294 g/mol. The molecule has 2 N–H and O–H groups in total. The first kappa shape index (κ1) is 14.4. The van der Waals surface area contributed by atoms with Crippen molar-refractivity contribution in [2.24, 2.45) is 0 Å². The minimum Gasteiger partial charge on any atom is -0.324 e. The van der Waals surface area contributed by atoms with Crippen molar-refractivity contribution in [2.75, 3.05) is 12.3 Å². The van der Waals surface area contributed by atoms with E-state index in [-0.39, 0.29) is 6.16 Å². The fraction of sp³-hybridized carbons (Fsp3) is 0.143. The van der Waals surface area contributed by atoms with E-state index in [1.165, 1.54) is 0 Å². The minimum atomic E-state index is -3.94. The molecule has 0 fully saturated rings. The molecule has 0 aliphatic rings. The molecule has 0 saturated carbocycles. The molecule has 0 heterocycles. The standard InChI is InChI=1S/C14H16O3P2/c15-19(16,17)12-11-18(13-7-3-1-4-8-13)14-9-5-2-6-10-14/h1-10H,11-12H2,(H2,15,16,17). The largest absolute Gasteiger partial charge is 0.325 e. The van der Waals surface area contributed by atoms with Gasteiger partial charge in [-0.3, -0.25) is 4.57 Å². The minimum absolute atomic E-state index is 0.0670. The maximum atomic E-state index is 11.1. The average Bonchev–Trinajstić information content (AvgIpc) is 2.40. The summed E-state index contributed by atoms with van der Waals surface area (Å²) in [4.78, 5) is 18.2. The molecule has 2 aromatic carbocycles. The van der Waals surface area contributed by atoms with E-state index in [1.807, 2.05) is 60.7 Å². The number of hydrogen-bond donors (Lipinski definition) is 2. The van der Waals surface area contributed by atoms with Gasteiger partial charge in [0, 0.05) is 0 Å². The van der Waals surface area contributed by atoms with Crippen molar-refractivity contribution in [1.82, 2.24) is 0 Å². The van der Waals surface area contributed by atoms with Gasteiger partial charge in [-0.25, -0.2) is 0 Å². The molecule has 0 aliphatic carbocycles. The lowest BCUT2D eigenvalue weighted by Gasteiger charge is -2.18. The van der Waals surface area contributed by atoms with Crippen molar-refractivity contribution in [3.63, 3.8) is 0 Å². The lowest BCUT2D eigenvalue weighted by molar-refractivity contribution is 0.375. The van der Waals surface area contributed by atoms with Gasteiger partial charge >= 0.3 is 7.60 Å². The van der Waals surface area contributed by atoms with Crippen LogP contribution in [0, 0.1) is 0 Å². The summed E-state index contributed by atoms with van der Waals surface area (Å²) in [5.41, 5.74) is 0. The van der Waals surface area contributed by atoms with Crippen molar-refractivity contribution < 1.29 is 14.4 Å². The molecule has 19 heavy (non-hydrogen) atoms. The van der Waals surface area contributed by atoms with E-state index in [9.17, 15) is 4.57 Å². The van der Waals surface area contributed by atoms with Crippen LogP contribution in [0.5, 0.6) is 0 Å². The number of benzene rings is 2. The molecule has 0 atom stereocenters. The highest BCUT2D eigenvalue weighted by Gasteiger charge is 2.19. The number of hydrogen-bond acceptors (Lipinski definition) is 1. The van der Waals surface area contributed by atoms with E-state index in [4.69, 9.17) is 9.79 Å². The summed E-state index contributed by atoms with van der Waals surface area (Å²) < 4.78 is 11.1. The predicted molar refractivity (Wildman–Crippen MR) is 80.9 cm³/mol. The lowest BCUT2D eigenvalue weighted by atomic mass is 10.4. The second-order valence-corrected chi connectivity index (χ2v) is 8.32. The summed E-state index contributed by atoms with van der Waals surface area (Å²) in [5.74, 6) is 0. The zero-order valence-electron chi connectivity index (χ0n) is 10.4. The Morgan fingerprint density at radius 1 is 0.842 bits per heavy atom. The molecule has 0 spiro atoms. The second kappa shape index (κ2) is 6.45. The monoisotopic (exact) mass is 294 g/mol. The highest BCUT2D eigenvalue weighted by molar-refractivity contribution is 7.73. The van der Waals surface area contributed by atoms with Crippen LogP contribution in [0.25, 0.3) is 0 Å². The molecule has 2 aromatic rings. The van der Waals surface area contributed by atoms with Gasteiger partial charge in [-0.05, 0) is 24.7 Å². The van der Waals surface area contributed by atoms with Crippen molar-refractivity contribution in [2.45, 2.75) is 0 Å². The Kier molecular flexibility index (Phi) is 4.90. The first-order valence-electron chi connectivity index (χ1n) is 5.98. The van der Waals surface area contributed by atoms with Crippen molar-refractivity contribution in [1.29, 1.82) is 0 Å². The molecule has 0 unspecified atom stereocenters. The molecule has 0 saturated heterocycles. The van der Waals surface area contributed by atoms with Crippen LogP contribution in [-0.2, 0) is 4.57 Å². The molecule has 0 bridgehead atoms. The van der Waals surface area contributed by atoms with Crippen LogP contribution >= 0.6 is 15.5 Å². The van der Waals surface area contributed by atoms with Crippen LogP contribution in [0.2, 0.25) is 0 Å². The molecular weight excluding hydrogens is 278 g/mol. The van der Waals surface area contributed by atoms with E-state index >= 15 is 0 Å². The number of rotatable bonds is 5. The zero-order chi connectivity index (χ0) is 13.7. The highest BCUT2D eigenvalue weighted by Crippen LogP contribution is 2.41. The van der Waals surface area contributed by atoms with Crippen LogP contribution in [0.1, 0.15) is 0 Å². The third-order valence-electron chi connectivity index (χ3n) is 2.75. The van der Waals surface area contributed by atoms with E-state index in [0.29, 0.717) is 6.16 Å². The lowest BCUT2D eigenvalue weighted by Crippen LogP contribution is -2.15. The topological polar surface area (TPSA) is 57.5 Å². The Hall–Kier alpha value is -0.980. The summed E-state index contributed by atoms with van der Waals surface area (Å²) in [5, 5.41) is 2.30. The molecular formula is C14H16O3P2. The maximum Gasteiger partial charge on any atom is 0.325 e. The fourth-order valence-corrected chi connectivity index (χ4v) is 5.57. The SMILES string of the molecule is O=P(O)(O)CCP(c1ccccc1)c1ccccc1. The van der Waals surface area contributed by atoms with Gasteiger partial charge < -0.3 is 9.79 Å². The zero-order valence-corrected chi connectivity index (χ0v) is 12.2. The first-order valence-corrected chi connectivity index (χ1v) is 9.31. The molecule has 0 amide bonds. The summed E-state index contributed by atoms with van der Waals surface area (Å²) >= 11 is 0. The summed E-state index contributed by atoms with van der Waals surface area (Å²) in [6.07, 6.45) is 0.441. The molecule has 2 rings (SSSR count). The molecule has 3 nitrogen and oxygen atoms in total. The Morgan fingerprint density at radius 3 is 1.63 bits per heavy atom. The molecule has 0 aromatic heterocycles. The van der Waals surface area contributed by atoms with Crippen molar-refractivity contribution in [3.05, 3.63) is 60.7 Å². The summed E-state index contributed by atoms with van der Waals surface area (Å²) in [7, 11) is -4.65. The summed E-state index contributed by atoms with van der Waals surface area (Å²) in [6.45, 7) is 0.